The van der Waals surface area contributed by atoms with Crippen LogP contribution in [0.5, 0.6) is 0 Å². The lowest BCUT2D eigenvalue weighted by Gasteiger charge is -2.22. The molecule has 0 saturated carbocycles. The van der Waals surface area contributed by atoms with E-state index < -0.39 is 5.97 Å². The molecule has 0 saturated heterocycles. The standard InChI is InChI=1S/C16H20N2O4/c1-10(2)9-18(7-6-15(19)20)16(21)14-8-12-13(22-14)5-4-11(3)17-12/h4-5,8,10H,6-7,9H2,1-3H3,(H,19,20). The van der Waals surface area contributed by atoms with E-state index in [0.29, 0.717) is 17.6 Å². The Morgan fingerprint density at radius 1 is 1.36 bits per heavy atom. The van der Waals surface area contributed by atoms with Crippen molar-refractivity contribution < 1.29 is 19.1 Å². The van der Waals surface area contributed by atoms with Crippen LogP contribution in [0.25, 0.3) is 11.1 Å². The highest BCUT2D eigenvalue weighted by Gasteiger charge is 2.21. The lowest BCUT2D eigenvalue weighted by Crippen LogP contribution is -2.35. The van der Waals surface area contributed by atoms with E-state index in [-0.39, 0.29) is 30.6 Å². The van der Waals surface area contributed by atoms with E-state index in [9.17, 15) is 9.59 Å². The van der Waals surface area contributed by atoms with Crippen molar-refractivity contribution in [2.75, 3.05) is 13.1 Å². The molecule has 2 heterocycles. The molecule has 0 bridgehead atoms. The number of carboxylic acid groups (broad SMARTS) is 1. The van der Waals surface area contributed by atoms with Gasteiger partial charge in [-0.3, -0.25) is 9.59 Å². The Kier molecular flexibility index (Phi) is 4.80. The molecule has 0 unspecified atom stereocenters. The van der Waals surface area contributed by atoms with Crippen molar-refractivity contribution in [3.63, 3.8) is 0 Å². The van der Waals surface area contributed by atoms with Crippen LogP contribution in [0.3, 0.4) is 0 Å². The van der Waals surface area contributed by atoms with Gasteiger partial charge in [-0.25, -0.2) is 4.98 Å². The summed E-state index contributed by atoms with van der Waals surface area (Å²) in [7, 11) is 0. The molecule has 0 atom stereocenters. The summed E-state index contributed by atoms with van der Waals surface area (Å²) in [6, 6.07) is 5.20. The molecule has 2 aromatic rings. The fourth-order valence-corrected chi connectivity index (χ4v) is 2.23. The Morgan fingerprint density at radius 3 is 2.73 bits per heavy atom. The van der Waals surface area contributed by atoms with Gasteiger partial charge in [-0.1, -0.05) is 13.8 Å². The first-order valence-corrected chi connectivity index (χ1v) is 7.25. The van der Waals surface area contributed by atoms with E-state index in [1.165, 1.54) is 4.90 Å². The minimum Gasteiger partial charge on any atom is -0.481 e. The zero-order valence-corrected chi connectivity index (χ0v) is 13.0. The molecule has 6 heteroatoms. The van der Waals surface area contributed by atoms with Gasteiger partial charge >= 0.3 is 5.97 Å². The Bertz CT molecular complexity index is 691. The molecule has 0 aliphatic rings. The molecule has 0 spiro atoms. The van der Waals surface area contributed by atoms with Crippen LogP contribution in [-0.2, 0) is 4.79 Å². The first kappa shape index (κ1) is 16.0. The van der Waals surface area contributed by atoms with E-state index in [0.717, 1.165) is 5.69 Å². The summed E-state index contributed by atoms with van der Waals surface area (Å²) in [6.45, 7) is 6.46. The van der Waals surface area contributed by atoms with Crippen molar-refractivity contribution in [2.24, 2.45) is 5.92 Å². The van der Waals surface area contributed by atoms with Crippen LogP contribution in [0.1, 0.15) is 36.5 Å². The molecule has 2 rings (SSSR count). The molecule has 1 N–H and O–H groups in total. The summed E-state index contributed by atoms with van der Waals surface area (Å²) in [5.74, 6) is -0.796. The zero-order valence-electron chi connectivity index (χ0n) is 13.0. The average molecular weight is 304 g/mol. The summed E-state index contributed by atoms with van der Waals surface area (Å²) >= 11 is 0. The largest absolute Gasteiger partial charge is 0.481 e. The normalized spacial score (nSPS) is 11.1. The van der Waals surface area contributed by atoms with Crippen LogP contribution in [0, 0.1) is 12.8 Å². The van der Waals surface area contributed by atoms with Crippen LogP contribution < -0.4 is 0 Å². The maximum absolute atomic E-state index is 12.6. The van der Waals surface area contributed by atoms with Gasteiger partial charge in [0.15, 0.2) is 11.3 Å². The van der Waals surface area contributed by atoms with Crippen LogP contribution in [0.4, 0.5) is 0 Å². The quantitative estimate of drug-likeness (QED) is 0.887. The number of nitrogens with zero attached hydrogens (tertiary/aromatic N) is 2. The highest BCUT2D eigenvalue weighted by Crippen LogP contribution is 2.19. The van der Waals surface area contributed by atoms with Gasteiger partial charge in [-0.15, -0.1) is 0 Å². The number of hydrogen-bond acceptors (Lipinski definition) is 4. The molecule has 0 aliphatic heterocycles. The van der Waals surface area contributed by atoms with Crippen molar-refractivity contribution >= 4 is 23.0 Å². The second-order valence-corrected chi connectivity index (χ2v) is 5.74. The summed E-state index contributed by atoms with van der Waals surface area (Å²) in [4.78, 5) is 29.1. The maximum atomic E-state index is 12.6. The number of hydrogen-bond donors (Lipinski definition) is 1. The molecule has 0 aliphatic carbocycles. The summed E-state index contributed by atoms with van der Waals surface area (Å²) in [6.07, 6.45) is -0.0873. The minimum absolute atomic E-state index is 0.0873. The number of aromatic nitrogens is 1. The first-order chi connectivity index (χ1) is 10.4. The minimum atomic E-state index is -0.927. The molecular weight excluding hydrogens is 284 g/mol. The number of aliphatic carboxylic acids is 1. The number of furan rings is 1. The van der Waals surface area contributed by atoms with Gasteiger partial charge in [0.1, 0.15) is 5.52 Å². The van der Waals surface area contributed by atoms with Gasteiger partial charge in [0.2, 0.25) is 0 Å². The summed E-state index contributed by atoms with van der Waals surface area (Å²) in [5.41, 5.74) is 2.03. The van der Waals surface area contributed by atoms with Crippen LogP contribution in [0.15, 0.2) is 22.6 Å². The average Bonchev–Trinajstić information content (AvgIpc) is 2.85. The van der Waals surface area contributed by atoms with Gasteiger partial charge in [0.05, 0.1) is 6.42 Å². The lowest BCUT2D eigenvalue weighted by atomic mass is 10.2. The fourth-order valence-electron chi connectivity index (χ4n) is 2.23. The third-order valence-corrected chi connectivity index (χ3v) is 3.19. The smallest absolute Gasteiger partial charge is 0.305 e. The van der Waals surface area contributed by atoms with E-state index in [1.54, 1.807) is 12.1 Å². The molecule has 1 amide bonds. The zero-order chi connectivity index (χ0) is 16.3. The predicted octanol–water partition coefficient (Wildman–Crippen LogP) is 2.71. The van der Waals surface area contributed by atoms with Crippen LogP contribution in [-0.4, -0.2) is 40.0 Å². The van der Waals surface area contributed by atoms with Crippen LogP contribution in [0.2, 0.25) is 0 Å². The Labute approximate surface area is 128 Å². The molecule has 22 heavy (non-hydrogen) atoms. The molecule has 118 valence electrons. The maximum Gasteiger partial charge on any atom is 0.305 e. The Morgan fingerprint density at radius 2 is 2.09 bits per heavy atom. The highest BCUT2D eigenvalue weighted by molar-refractivity contribution is 5.95. The van der Waals surface area contributed by atoms with Crippen molar-refractivity contribution in [1.29, 1.82) is 0 Å². The number of carbonyl (C=O) groups excluding carboxylic acids is 1. The van der Waals surface area contributed by atoms with E-state index in [4.69, 9.17) is 9.52 Å². The van der Waals surface area contributed by atoms with Gasteiger partial charge in [0, 0.05) is 24.8 Å². The third kappa shape index (κ3) is 3.84. The van der Waals surface area contributed by atoms with Gasteiger partial charge < -0.3 is 14.4 Å². The molecule has 0 radical (unpaired) electrons. The molecule has 0 aromatic carbocycles. The molecular formula is C16H20N2O4. The van der Waals surface area contributed by atoms with Gasteiger partial charge in [-0.2, -0.15) is 0 Å². The molecule has 2 aromatic heterocycles. The van der Waals surface area contributed by atoms with Crippen LogP contribution >= 0.6 is 0 Å². The topological polar surface area (TPSA) is 83.6 Å². The number of aryl methyl sites for hydroxylation is 1. The number of amides is 1. The second kappa shape index (κ2) is 6.60. The third-order valence-electron chi connectivity index (χ3n) is 3.19. The van der Waals surface area contributed by atoms with Crippen molar-refractivity contribution in [3.05, 3.63) is 29.7 Å². The van der Waals surface area contributed by atoms with E-state index in [1.807, 2.05) is 26.8 Å². The summed E-state index contributed by atoms with van der Waals surface area (Å²) < 4.78 is 5.55. The number of rotatable bonds is 6. The number of carboxylic acids is 1. The van der Waals surface area contributed by atoms with E-state index in [2.05, 4.69) is 4.98 Å². The SMILES string of the molecule is Cc1ccc2oc(C(=O)N(CCC(=O)O)CC(C)C)cc2n1. The fraction of sp³-hybridized carbons (Fsp3) is 0.438. The molecule has 0 fully saturated rings. The highest BCUT2D eigenvalue weighted by atomic mass is 16.4. The Balaban J connectivity index is 2.24. The van der Waals surface area contributed by atoms with Gasteiger partial charge in [-0.05, 0) is 25.0 Å². The molecule has 6 nitrogen and oxygen atoms in total. The van der Waals surface area contributed by atoms with Crippen molar-refractivity contribution in [2.45, 2.75) is 27.2 Å². The predicted molar refractivity (Wildman–Crippen MR) is 81.7 cm³/mol. The number of pyridine rings is 1. The number of carbonyl (C=O) groups is 2. The lowest BCUT2D eigenvalue weighted by molar-refractivity contribution is -0.137. The Hall–Kier alpha value is -2.37. The van der Waals surface area contributed by atoms with E-state index >= 15 is 0 Å². The van der Waals surface area contributed by atoms with Crippen molar-refractivity contribution in [1.82, 2.24) is 9.88 Å². The number of fused-ring (bicyclic) bond motifs is 1. The monoisotopic (exact) mass is 304 g/mol. The first-order valence-electron chi connectivity index (χ1n) is 7.25. The van der Waals surface area contributed by atoms with Crippen molar-refractivity contribution in [3.8, 4) is 0 Å². The second-order valence-electron chi connectivity index (χ2n) is 5.74. The van der Waals surface area contributed by atoms with Gasteiger partial charge in [0.25, 0.3) is 5.91 Å². The summed E-state index contributed by atoms with van der Waals surface area (Å²) in [5, 5.41) is 8.82.